The molecule has 3 nitrogen and oxygen atoms in total. The van der Waals surface area contributed by atoms with Gasteiger partial charge >= 0.3 is 0 Å². The lowest BCUT2D eigenvalue weighted by Crippen LogP contribution is -2.27. The molecule has 0 aliphatic heterocycles. The molecular weight excluding hydrogens is 296 g/mol. The van der Waals surface area contributed by atoms with E-state index in [4.69, 9.17) is 5.11 Å². The first kappa shape index (κ1) is 15.4. The number of hydrogen-bond acceptors (Lipinski definition) is 2. The highest BCUT2D eigenvalue weighted by molar-refractivity contribution is 5.92. The van der Waals surface area contributed by atoms with E-state index < -0.39 is 0 Å². The van der Waals surface area contributed by atoms with Crippen molar-refractivity contribution >= 4 is 10.9 Å². The summed E-state index contributed by atoms with van der Waals surface area (Å²) in [6.45, 7) is 3.02. The van der Waals surface area contributed by atoms with Gasteiger partial charge in [0.2, 0.25) is 0 Å². The Bertz CT molecular complexity index is 851. The molecule has 0 spiro atoms. The lowest BCUT2D eigenvalue weighted by Gasteiger charge is -2.23. The van der Waals surface area contributed by atoms with Crippen molar-refractivity contribution in [3.05, 3.63) is 59.3 Å². The van der Waals surface area contributed by atoms with Crippen LogP contribution in [0.15, 0.2) is 42.5 Å². The summed E-state index contributed by atoms with van der Waals surface area (Å²) in [6.07, 6.45) is 3.45. The maximum atomic E-state index is 9.12. The first-order valence-electron chi connectivity index (χ1n) is 8.82. The van der Waals surface area contributed by atoms with Crippen molar-refractivity contribution in [3.8, 4) is 11.1 Å². The lowest BCUT2D eigenvalue weighted by atomic mass is 9.90. The van der Waals surface area contributed by atoms with E-state index in [0.717, 1.165) is 12.8 Å². The van der Waals surface area contributed by atoms with E-state index in [-0.39, 0.29) is 6.61 Å². The molecule has 24 heavy (non-hydrogen) atoms. The van der Waals surface area contributed by atoms with E-state index in [1.807, 2.05) is 0 Å². The summed E-state index contributed by atoms with van der Waals surface area (Å²) in [7, 11) is 0. The van der Waals surface area contributed by atoms with Crippen molar-refractivity contribution in [2.75, 3.05) is 13.2 Å². The molecule has 4 rings (SSSR count). The molecule has 0 fully saturated rings. The van der Waals surface area contributed by atoms with Crippen LogP contribution < -0.4 is 5.32 Å². The summed E-state index contributed by atoms with van der Waals surface area (Å²) in [5.74, 6) is 0. The number of aromatic amines is 1. The van der Waals surface area contributed by atoms with Crippen LogP contribution in [-0.4, -0.2) is 23.2 Å². The van der Waals surface area contributed by atoms with Crippen molar-refractivity contribution in [3.63, 3.8) is 0 Å². The van der Waals surface area contributed by atoms with Crippen LogP contribution in [-0.2, 0) is 6.42 Å². The van der Waals surface area contributed by atoms with Gasteiger partial charge in [-0.05, 0) is 60.6 Å². The molecule has 1 atom stereocenters. The Morgan fingerprint density at radius 1 is 1.17 bits per heavy atom. The van der Waals surface area contributed by atoms with E-state index in [2.05, 4.69) is 59.7 Å². The summed E-state index contributed by atoms with van der Waals surface area (Å²) in [5.41, 5.74) is 7.88. The van der Waals surface area contributed by atoms with Crippen LogP contribution in [0.2, 0.25) is 0 Å². The fourth-order valence-electron chi connectivity index (χ4n) is 3.98. The second kappa shape index (κ2) is 6.42. The van der Waals surface area contributed by atoms with Crippen LogP contribution in [0.1, 0.15) is 35.7 Å². The van der Waals surface area contributed by atoms with Gasteiger partial charge in [0.25, 0.3) is 0 Å². The van der Waals surface area contributed by atoms with Crippen LogP contribution in [0.3, 0.4) is 0 Å². The maximum Gasteiger partial charge on any atom is 0.0556 e. The molecule has 0 saturated heterocycles. The van der Waals surface area contributed by atoms with E-state index in [1.165, 1.54) is 45.3 Å². The summed E-state index contributed by atoms with van der Waals surface area (Å²) < 4.78 is 0. The monoisotopic (exact) mass is 320 g/mol. The zero-order chi connectivity index (χ0) is 16.5. The predicted molar refractivity (Wildman–Crippen MR) is 99.2 cm³/mol. The van der Waals surface area contributed by atoms with Gasteiger partial charge in [0, 0.05) is 29.2 Å². The summed E-state index contributed by atoms with van der Waals surface area (Å²) in [6, 6.07) is 15.5. The highest BCUT2D eigenvalue weighted by atomic mass is 16.3. The molecule has 3 heteroatoms. The molecule has 1 aromatic heterocycles. The van der Waals surface area contributed by atoms with Gasteiger partial charge in [-0.3, -0.25) is 0 Å². The zero-order valence-corrected chi connectivity index (χ0v) is 14.1. The second-order valence-corrected chi connectivity index (χ2v) is 6.72. The van der Waals surface area contributed by atoms with Gasteiger partial charge in [0.15, 0.2) is 0 Å². The number of aromatic nitrogens is 1. The largest absolute Gasteiger partial charge is 0.395 e. The number of hydrogen-bond donors (Lipinski definition) is 3. The van der Waals surface area contributed by atoms with Gasteiger partial charge in [-0.25, -0.2) is 0 Å². The van der Waals surface area contributed by atoms with Gasteiger partial charge in [-0.15, -0.1) is 0 Å². The molecule has 1 heterocycles. The number of aliphatic hydroxyl groups is 1. The average molecular weight is 320 g/mol. The smallest absolute Gasteiger partial charge is 0.0556 e. The Hall–Kier alpha value is -2.10. The Kier molecular flexibility index (Phi) is 4.13. The highest BCUT2D eigenvalue weighted by Crippen LogP contribution is 2.37. The predicted octanol–water partition coefficient (Wildman–Crippen LogP) is 4.10. The maximum absolute atomic E-state index is 9.12. The molecule has 1 aliphatic carbocycles. The molecule has 3 N–H and O–H groups in total. The molecule has 0 bridgehead atoms. The van der Waals surface area contributed by atoms with Gasteiger partial charge in [0.05, 0.1) is 6.61 Å². The number of fused-ring (bicyclic) bond motifs is 3. The third kappa shape index (κ3) is 2.64. The average Bonchev–Trinajstić information content (AvgIpc) is 3.01. The summed E-state index contributed by atoms with van der Waals surface area (Å²) in [5, 5.41) is 14.0. The molecule has 3 aromatic rings. The molecule has 124 valence electrons. The Labute approximate surface area is 142 Å². The van der Waals surface area contributed by atoms with Gasteiger partial charge in [-0.1, -0.05) is 30.3 Å². The summed E-state index contributed by atoms with van der Waals surface area (Å²) >= 11 is 0. The molecular formula is C21H24N2O. The van der Waals surface area contributed by atoms with Crippen molar-refractivity contribution < 1.29 is 5.11 Å². The van der Waals surface area contributed by atoms with Gasteiger partial charge in [0.1, 0.15) is 0 Å². The molecule has 1 aliphatic rings. The topological polar surface area (TPSA) is 48.0 Å². The number of benzene rings is 2. The second-order valence-electron chi connectivity index (χ2n) is 6.72. The van der Waals surface area contributed by atoms with E-state index in [1.54, 1.807) is 0 Å². The SMILES string of the molecule is Cc1cc(-c2ccccc2)cc2c3c([nH]c12)[C@@H](NCCO)CCC3. The number of H-pyrrole nitrogens is 1. The Morgan fingerprint density at radius 2 is 2.00 bits per heavy atom. The Morgan fingerprint density at radius 3 is 2.79 bits per heavy atom. The minimum atomic E-state index is 0.184. The van der Waals surface area contributed by atoms with Crippen molar-refractivity contribution in [1.29, 1.82) is 0 Å². The number of aryl methyl sites for hydroxylation is 2. The van der Waals surface area contributed by atoms with Gasteiger partial charge < -0.3 is 15.4 Å². The lowest BCUT2D eigenvalue weighted by molar-refractivity contribution is 0.280. The van der Waals surface area contributed by atoms with Crippen molar-refractivity contribution in [2.24, 2.45) is 0 Å². The molecule has 2 aromatic carbocycles. The van der Waals surface area contributed by atoms with Crippen LogP contribution >= 0.6 is 0 Å². The van der Waals surface area contributed by atoms with Crippen molar-refractivity contribution in [2.45, 2.75) is 32.2 Å². The van der Waals surface area contributed by atoms with E-state index >= 15 is 0 Å². The van der Waals surface area contributed by atoms with Crippen LogP contribution in [0.25, 0.3) is 22.0 Å². The normalized spacial score (nSPS) is 17.2. The quantitative estimate of drug-likeness (QED) is 0.678. The first-order chi connectivity index (χ1) is 11.8. The third-order valence-corrected chi connectivity index (χ3v) is 5.12. The third-order valence-electron chi connectivity index (χ3n) is 5.12. The van der Waals surface area contributed by atoms with Crippen LogP contribution in [0.4, 0.5) is 0 Å². The van der Waals surface area contributed by atoms with Gasteiger partial charge in [-0.2, -0.15) is 0 Å². The molecule has 0 radical (unpaired) electrons. The minimum Gasteiger partial charge on any atom is -0.395 e. The molecule has 0 unspecified atom stereocenters. The van der Waals surface area contributed by atoms with Crippen LogP contribution in [0, 0.1) is 6.92 Å². The van der Waals surface area contributed by atoms with Crippen LogP contribution in [0.5, 0.6) is 0 Å². The fourth-order valence-corrected chi connectivity index (χ4v) is 3.98. The molecule has 0 amide bonds. The standard InChI is InChI=1S/C21H24N2O/c1-14-12-16(15-6-3-2-4-7-15)13-18-17-8-5-9-19(22-10-11-24)21(17)23-20(14)18/h2-4,6-7,12-13,19,22-24H,5,8-11H2,1H3/t19-/m0/s1. The Balaban J connectivity index is 1.83. The van der Waals surface area contributed by atoms with Crippen molar-refractivity contribution in [1.82, 2.24) is 10.3 Å². The zero-order valence-electron chi connectivity index (χ0n) is 14.1. The number of aliphatic hydroxyl groups excluding tert-OH is 1. The molecule has 0 saturated carbocycles. The summed E-state index contributed by atoms with van der Waals surface area (Å²) in [4.78, 5) is 3.68. The fraction of sp³-hybridized carbons (Fsp3) is 0.333. The first-order valence-corrected chi connectivity index (χ1v) is 8.82. The highest BCUT2D eigenvalue weighted by Gasteiger charge is 2.24. The van der Waals surface area contributed by atoms with E-state index in [9.17, 15) is 0 Å². The number of rotatable bonds is 4. The van der Waals surface area contributed by atoms with E-state index in [0.29, 0.717) is 12.6 Å². The minimum absolute atomic E-state index is 0.184. The number of nitrogens with one attached hydrogen (secondary N) is 2.